The van der Waals surface area contributed by atoms with Gasteiger partial charge in [-0.25, -0.2) is 0 Å². The van der Waals surface area contributed by atoms with Crippen LogP contribution in [0.25, 0.3) is 6.08 Å². The van der Waals surface area contributed by atoms with Crippen LogP contribution < -0.4 is 10.1 Å². The summed E-state index contributed by atoms with van der Waals surface area (Å²) >= 11 is 6.95. The first kappa shape index (κ1) is 15.7. The number of carbonyl (C=O) groups excluding carboxylic acids is 1. The molecule has 118 valence electrons. The Kier molecular flexibility index (Phi) is 4.73. The Morgan fingerprint density at radius 2 is 2.09 bits per heavy atom. The van der Waals surface area contributed by atoms with Crippen LogP contribution in [-0.4, -0.2) is 29.6 Å². The Hall–Kier alpha value is -2.18. The summed E-state index contributed by atoms with van der Waals surface area (Å²) in [5, 5.41) is 7.34. The van der Waals surface area contributed by atoms with E-state index < -0.39 is 0 Å². The zero-order valence-electron chi connectivity index (χ0n) is 12.6. The van der Waals surface area contributed by atoms with Gasteiger partial charge in [-0.1, -0.05) is 12.1 Å². The fourth-order valence-electron chi connectivity index (χ4n) is 2.36. The molecule has 1 saturated heterocycles. The van der Waals surface area contributed by atoms with Crippen LogP contribution in [-0.2, 0) is 11.2 Å². The van der Waals surface area contributed by atoms with Gasteiger partial charge in [0, 0.05) is 6.54 Å². The molecule has 0 saturated carbocycles. The van der Waals surface area contributed by atoms with Gasteiger partial charge >= 0.3 is 0 Å². The summed E-state index contributed by atoms with van der Waals surface area (Å²) in [6, 6.07) is 9.65. The molecule has 2 aromatic rings. The standard InChI is InChI=1S/C17H16N2O2S2/c1-21-14-4-2-12(3-5-14)10-15-16(20)18-17(22)19(15)8-6-13-7-9-23-11-13/h2-5,7,9-11H,6,8H2,1H3,(H,18,20,22)/b15-10+. The van der Waals surface area contributed by atoms with Crippen LogP contribution in [0.2, 0.25) is 0 Å². The van der Waals surface area contributed by atoms with Gasteiger partial charge in [0.2, 0.25) is 0 Å². The molecule has 1 aliphatic rings. The summed E-state index contributed by atoms with van der Waals surface area (Å²) in [5.74, 6) is 0.629. The van der Waals surface area contributed by atoms with Gasteiger partial charge in [-0.05, 0) is 64.8 Å². The molecular weight excluding hydrogens is 328 g/mol. The maximum absolute atomic E-state index is 12.2. The second-order valence-corrected chi connectivity index (χ2v) is 6.26. The van der Waals surface area contributed by atoms with Crippen LogP contribution in [0.15, 0.2) is 46.8 Å². The van der Waals surface area contributed by atoms with Crippen molar-refractivity contribution >= 4 is 40.7 Å². The molecule has 6 heteroatoms. The Labute approximate surface area is 144 Å². The zero-order chi connectivity index (χ0) is 16.2. The van der Waals surface area contributed by atoms with Crippen LogP contribution in [0.4, 0.5) is 0 Å². The topological polar surface area (TPSA) is 41.6 Å². The number of carbonyl (C=O) groups is 1. The van der Waals surface area contributed by atoms with E-state index in [-0.39, 0.29) is 5.91 Å². The highest BCUT2D eigenvalue weighted by Crippen LogP contribution is 2.20. The lowest BCUT2D eigenvalue weighted by atomic mass is 10.1. The molecule has 1 fully saturated rings. The van der Waals surface area contributed by atoms with E-state index in [1.165, 1.54) is 5.56 Å². The second kappa shape index (κ2) is 6.93. The lowest BCUT2D eigenvalue weighted by molar-refractivity contribution is -0.115. The molecule has 0 unspecified atom stereocenters. The molecule has 0 radical (unpaired) electrons. The molecule has 0 atom stereocenters. The van der Waals surface area contributed by atoms with Crippen LogP contribution in [0, 0.1) is 0 Å². The van der Waals surface area contributed by atoms with E-state index in [1.54, 1.807) is 18.4 Å². The van der Waals surface area contributed by atoms with E-state index in [1.807, 2.05) is 35.2 Å². The predicted molar refractivity (Wildman–Crippen MR) is 96.4 cm³/mol. The van der Waals surface area contributed by atoms with Crippen molar-refractivity contribution in [2.75, 3.05) is 13.7 Å². The minimum atomic E-state index is -0.156. The summed E-state index contributed by atoms with van der Waals surface area (Å²) < 4.78 is 5.15. The number of thiophene rings is 1. The first-order valence-electron chi connectivity index (χ1n) is 7.17. The SMILES string of the molecule is COc1ccc(/C=C2\C(=O)NC(=S)N2CCc2ccsc2)cc1. The molecule has 0 aliphatic carbocycles. The Morgan fingerprint density at radius 3 is 2.74 bits per heavy atom. The zero-order valence-corrected chi connectivity index (χ0v) is 14.2. The Bertz CT molecular complexity index is 736. The minimum absolute atomic E-state index is 0.156. The summed E-state index contributed by atoms with van der Waals surface area (Å²) in [5.41, 5.74) is 2.76. The highest BCUT2D eigenvalue weighted by molar-refractivity contribution is 7.80. The van der Waals surface area contributed by atoms with Crippen molar-refractivity contribution in [3.8, 4) is 5.75 Å². The minimum Gasteiger partial charge on any atom is -0.497 e. The highest BCUT2D eigenvalue weighted by atomic mass is 32.1. The molecule has 3 rings (SSSR count). The maximum Gasteiger partial charge on any atom is 0.274 e. The van der Waals surface area contributed by atoms with E-state index in [0.29, 0.717) is 17.4 Å². The molecule has 1 N–H and O–H groups in total. The summed E-state index contributed by atoms with van der Waals surface area (Å²) in [6.45, 7) is 0.677. The van der Waals surface area contributed by atoms with Gasteiger partial charge < -0.3 is 9.64 Å². The van der Waals surface area contributed by atoms with Gasteiger partial charge in [-0.15, -0.1) is 0 Å². The van der Waals surface area contributed by atoms with Crippen molar-refractivity contribution in [1.82, 2.24) is 10.2 Å². The summed E-state index contributed by atoms with van der Waals surface area (Å²) in [7, 11) is 1.63. The summed E-state index contributed by atoms with van der Waals surface area (Å²) in [4.78, 5) is 14.0. The molecule has 2 heterocycles. The molecule has 0 bridgehead atoms. The van der Waals surface area contributed by atoms with Gasteiger partial charge in [0.15, 0.2) is 5.11 Å². The molecule has 0 spiro atoms. The Morgan fingerprint density at radius 1 is 1.30 bits per heavy atom. The van der Waals surface area contributed by atoms with Crippen molar-refractivity contribution in [3.05, 3.63) is 57.9 Å². The normalized spacial score (nSPS) is 16.0. The molecule has 1 aromatic heterocycles. The van der Waals surface area contributed by atoms with Crippen LogP contribution in [0.5, 0.6) is 5.75 Å². The van der Waals surface area contributed by atoms with Crippen molar-refractivity contribution in [1.29, 1.82) is 0 Å². The van der Waals surface area contributed by atoms with Crippen molar-refractivity contribution < 1.29 is 9.53 Å². The Balaban J connectivity index is 1.79. The number of hydrogen-bond donors (Lipinski definition) is 1. The van der Waals surface area contributed by atoms with Crippen molar-refractivity contribution in [2.24, 2.45) is 0 Å². The number of amides is 1. The third-order valence-corrected chi connectivity index (χ3v) is 4.67. The monoisotopic (exact) mass is 344 g/mol. The van der Waals surface area contributed by atoms with E-state index in [0.717, 1.165) is 17.7 Å². The molecule has 23 heavy (non-hydrogen) atoms. The largest absolute Gasteiger partial charge is 0.497 e. The fraction of sp³-hybridized carbons (Fsp3) is 0.176. The molecular formula is C17H16N2O2S2. The number of benzene rings is 1. The first-order valence-corrected chi connectivity index (χ1v) is 8.52. The number of hydrogen-bond acceptors (Lipinski definition) is 4. The molecule has 1 aliphatic heterocycles. The lowest BCUT2D eigenvalue weighted by Crippen LogP contribution is -2.29. The van der Waals surface area contributed by atoms with Crippen molar-refractivity contribution in [3.63, 3.8) is 0 Å². The van der Waals surface area contributed by atoms with Gasteiger partial charge in [0.25, 0.3) is 5.91 Å². The average Bonchev–Trinajstić information content (AvgIpc) is 3.15. The first-order chi connectivity index (χ1) is 11.2. The second-order valence-electron chi connectivity index (χ2n) is 5.10. The van der Waals surface area contributed by atoms with E-state index in [9.17, 15) is 4.79 Å². The highest BCUT2D eigenvalue weighted by Gasteiger charge is 2.29. The summed E-state index contributed by atoms with van der Waals surface area (Å²) in [6.07, 6.45) is 2.69. The number of rotatable bonds is 5. The smallest absolute Gasteiger partial charge is 0.274 e. The third kappa shape index (κ3) is 3.60. The van der Waals surface area contributed by atoms with E-state index >= 15 is 0 Å². The average molecular weight is 344 g/mol. The quantitative estimate of drug-likeness (QED) is 0.669. The fourth-order valence-corrected chi connectivity index (χ4v) is 3.35. The molecule has 1 amide bonds. The van der Waals surface area contributed by atoms with Gasteiger partial charge in [-0.3, -0.25) is 10.1 Å². The lowest BCUT2D eigenvalue weighted by Gasteiger charge is -2.17. The van der Waals surface area contributed by atoms with Crippen LogP contribution in [0.1, 0.15) is 11.1 Å². The number of nitrogens with one attached hydrogen (secondary N) is 1. The number of nitrogens with zero attached hydrogens (tertiary/aromatic N) is 1. The van der Waals surface area contributed by atoms with Crippen molar-refractivity contribution in [2.45, 2.75) is 6.42 Å². The van der Waals surface area contributed by atoms with Gasteiger partial charge in [-0.2, -0.15) is 11.3 Å². The third-order valence-electron chi connectivity index (χ3n) is 3.61. The van der Waals surface area contributed by atoms with Crippen LogP contribution in [0.3, 0.4) is 0 Å². The number of methoxy groups -OCH3 is 1. The van der Waals surface area contributed by atoms with Gasteiger partial charge in [0.05, 0.1) is 7.11 Å². The number of ether oxygens (including phenoxy) is 1. The number of thiocarbonyl (C=S) groups is 1. The van der Waals surface area contributed by atoms with E-state index in [2.05, 4.69) is 22.1 Å². The molecule has 1 aromatic carbocycles. The van der Waals surface area contributed by atoms with Gasteiger partial charge in [0.1, 0.15) is 11.4 Å². The van der Waals surface area contributed by atoms with E-state index in [4.69, 9.17) is 17.0 Å². The molecule has 4 nitrogen and oxygen atoms in total. The maximum atomic E-state index is 12.2. The predicted octanol–water partition coefficient (Wildman–Crippen LogP) is 3.06. The van der Waals surface area contributed by atoms with Crippen LogP contribution >= 0.6 is 23.6 Å².